The number of amides is 1. The van der Waals surface area contributed by atoms with Gasteiger partial charge in [-0.05, 0) is 72.5 Å². The van der Waals surface area contributed by atoms with Crippen molar-refractivity contribution in [2.24, 2.45) is 28.6 Å². The first-order valence-corrected chi connectivity index (χ1v) is 12.3. The highest BCUT2D eigenvalue weighted by atomic mass is 16.1. The van der Waals surface area contributed by atoms with E-state index in [4.69, 9.17) is 0 Å². The van der Waals surface area contributed by atoms with Gasteiger partial charge in [0, 0.05) is 30.4 Å². The van der Waals surface area contributed by atoms with Gasteiger partial charge in [0.1, 0.15) is 0 Å². The molecule has 164 valence electrons. The lowest BCUT2D eigenvalue weighted by atomic mass is 9.47. The van der Waals surface area contributed by atoms with E-state index >= 15 is 0 Å². The number of nitrogens with zero attached hydrogens (tertiary/aromatic N) is 1. The number of fused-ring (bicyclic) bond motifs is 5. The van der Waals surface area contributed by atoms with Gasteiger partial charge in [-0.3, -0.25) is 9.78 Å². The van der Waals surface area contributed by atoms with Gasteiger partial charge in [-0.2, -0.15) is 0 Å². The number of hydrogen-bond donors (Lipinski definition) is 1. The van der Waals surface area contributed by atoms with Crippen molar-refractivity contribution >= 4 is 11.5 Å². The van der Waals surface area contributed by atoms with Crippen molar-refractivity contribution < 1.29 is 4.79 Å². The van der Waals surface area contributed by atoms with Crippen LogP contribution in [-0.4, -0.2) is 17.4 Å². The minimum atomic E-state index is 0.121. The van der Waals surface area contributed by atoms with Crippen LogP contribution in [-0.2, 0) is 4.79 Å². The van der Waals surface area contributed by atoms with Gasteiger partial charge in [0.15, 0.2) is 0 Å². The van der Waals surface area contributed by atoms with Crippen LogP contribution in [0.4, 0.5) is 0 Å². The highest BCUT2D eigenvalue weighted by molar-refractivity contribution is 5.89. The van der Waals surface area contributed by atoms with Crippen LogP contribution in [0.15, 0.2) is 53.9 Å². The van der Waals surface area contributed by atoms with E-state index in [0.717, 1.165) is 13.0 Å². The van der Waals surface area contributed by atoms with Crippen molar-refractivity contribution in [3.05, 3.63) is 59.5 Å². The third-order valence-corrected chi connectivity index (χ3v) is 9.07. The van der Waals surface area contributed by atoms with Gasteiger partial charge in [-0.15, -0.1) is 0 Å². The molecule has 4 aliphatic rings. The molecular weight excluding hydrogens is 380 g/mol. The molecule has 2 fully saturated rings. The van der Waals surface area contributed by atoms with Crippen LogP contribution in [0.5, 0.6) is 0 Å². The fraction of sp³-hybridized carbons (Fsp3) is 0.571. The fourth-order valence-electron chi connectivity index (χ4n) is 7.45. The number of rotatable bonds is 4. The zero-order chi connectivity index (χ0) is 21.6. The van der Waals surface area contributed by atoms with Crippen LogP contribution in [0.1, 0.15) is 71.3 Å². The first-order valence-electron chi connectivity index (χ1n) is 12.3. The molecule has 5 unspecified atom stereocenters. The van der Waals surface area contributed by atoms with Gasteiger partial charge in [0.25, 0.3) is 0 Å². The van der Waals surface area contributed by atoms with E-state index in [1.165, 1.54) is 55.2 Å². The number of nitrogens with one attached hydrogen (secondary N) is 1. The Morgan fingerprint density at radius 2 is 2.06 bits per heavy atom. The van der Waals surface area contributed by atoms with Gasteiger partial charge < -0.3 is 5.32 Å². The Hall–Kier alpha value is -2.16. The molecule has 3 aliphatic carbocycles. The van der Waals surface area contributed by atoms with E-state index in [-0.39, 0.29) is 16.7 Å². The molecule has 1 amide bonds. The zero-order valence-corrected chi connectivity index (χ0v) is 19.3. The maximum Gasteiger partial charge on any atom is 0.243 e. The second-order valence-electron chi connectivity index (χ2n) is 10.7. The summed E-state index contributed by atoms with van der Waals surface area (Å²) in [6, 6.07) is 4.26. The topological polar surface area (TPSA) is 42.0 Å². The molecule has 5 rings (SSSR count). The van der Waals surface area contributed by atoms with Crippen LogP contribution < -0.4 is 5.32 Å². The van der Waals surface area contributed by atoms with Gasteiger partial charge in [-0.1, -0.05) is 63.0 Å². The molecule has 1 aliphatic heterocycles. The Kier molecular flexibility index (Phi) is 5.19. The summed E-state index contributed by atoms with van der Waals surface area (Å²) in [5, 5.41) is 3.13. The van der Waals surface area contributed by atoms with Crippen LogP contribution in [0.3, 0.4) is 0 Å². The summed E-state index contributed by atoms with van der Waals surface area (Å²) in [5.74, 6) is 1.90. The summed E-state index contributed by atoms with van der Waals surface area (Å²) in [4.78, 5) is 16.9. The van der Waals surface area contributed by atoms with Crippen LogP contribution in [0.25, 0.3) is 5.57 Å². The molecule has 0 bridgehead atoms. The molecule has 5 atom stereocenters. The van der Waals surface area contributed by atoms with E-state index in [1.807, 2.05) is 18.5 Å². The van der Waals surface area contributed by atoms with Crippen molar-refractivity contribution in [2.45, 2.75) is 65.7 Å². The maximum absolute atomic E-state index is 12.5. The molecule has 1 N–H and O–H groups in total. The quantitative estimate of drug-likeness (QED) is 0.644. The third-order valence-electron chi connectivity index (χ3n) is 9.07. The lowest BCUT2D eigenvalue weighted by Crippen LogP contribution is -2.48. The highest BCUT2D eigenvalue weighted by Crippen LogP contribution is 2.65. The molecule has 0 radical (unpaired) electrons. The molecule has 31 heavy (non-hydrogen) atoms. The zero-order valence-electron chi connectivity index (χ0n) is 19.3. The molecule has 1 aromatic rings. The summed E-state index contributed by atoms with van der Waals surface area (Å²) >= 11 is 0. The van der Waals surface area contributed by atoms with Crippen molar-refractivity contribution in [3.63, 3.8) is 0 Å². The molecule has 2 heterocycles. The Balaban J connectivity index is 1.52. The summed E-state index contributed by atoms with van der Waals surface area (Å²) in [5.41, 5.74) is 6.07. The summed E-state index contributed by atoms with van der Waals surface area (Å²) in [7, 11) is 0. The largest absolute Gasteiger partial charge is 0.353 e. The van der Waals surface area contributed by atoms with Crippen LogP contribution in [0.2, 0.25) is 0 Å². The monoisotopic (exact) mass is 416 g/mol. The van der Waals surface area contributed by atoms with Crippen LogP contribution in [0, 0.1) is 28.6 Å². The Labute approximate surface area is 187 Å². The van der Waals surface area contributed by atoms with E-state index in [1.54, 1.807) is 5.57 Å². The first-order chi connectivity index (χ1) is 15.0. The Bertz CT molecular complexity index is 958. The lowest BCUT2D eigenvalue weighted by molar-refractivity contribution is -0.116. The standard InChI is InChI=1S/C28H36N2O/c1-4-5-7-19-16-21-23-10-9-22(20-8-6-14-29-18-20)27(23,2)12-11-24(21)28(3)13-15-30-26(31)17-25(19)28/h6,8-10,14,17-19,21,24H,4-5,7,11-13,15-16H2,1-3H3,(H,30,31). The number of carbonyl (C=O) groups is 1. The van der Waals surface area contributed by atoms with Crippen molar-refractivity contribution in [1.29, 1.82) is 0 Å². The normalized spacial score (nSPS) is 36.8. The molecular formula is C28H36N2O. The fourth-order valence-corrected chi connectivity index (χ4v) is 7.45. The SMILES string of the molecule is CCCCC1CC2C3=CC=C(c4cccnc4)C3(C)CCC2C2(C)CCNC(=O)C=C12. The van der Waals surface area contributed by atoms with Gasteiger partial charge in [0.05, 0.1) is 0 Å². The van der Waals surface area contributed by atoms with E-state index in [9.17, 15) is 4.79 Å². The van der Waals surface area contributed by atoms with E-state index in [2.05, 4.69) is 55.4 Å². The highest BCUT2D eigenvalue weighted by Gasteiger charge is 2.56. The third kappa shape index (κ3) is 3.23. The minimum Gasteiger partial charge on any atom is -0.353 e. The molecule has 0 saturated heterocycles. The van der Waals surface area contributed by atoms with Gasteiger partial charge >= 0.3 is 0 Å². The van der Waals surface area contributed by atoms with E-state index in [0.29, 0.717) is 17.8 Å². The molecule has 1 aromatic heterocycles. The number of carbonyl (C=O) groups excluding carboxylic acids is 1. The van der Waals surface area contributed by atoms with E-state index < -0.39 is 0 Å². The second-order valence-corrected chi connectivity index (χ2v) is 10.7. The minimum absolute atomic E-state index is 0.121. The van der Waals surface area contributed by atoms with Crippen molar-refractivity contribution in [1.82, 2.24) is 10.3 Å². The maximum atomic E-state index is 12.5. The van der Waals surface area contributed by atoms with Crippen molar-refractivity contribution in [3.8, 4) is 0 Å². The summed E-state index contributed by atoms with van der Waals surface area (Å²) < 4.78 is 0. The predicted molar refractivity (Wildman–Crippen MR) is 126 cm³/mol. The van der Waals surface area contributed by atoms with Gasteiger partial charge in [-0.25, -0.2) is 0 Å². The lowest BCUT2D eigenvalue weighted by Gasteiger charge is -2.57. The van der Waals surface area contributed by atoms with Gasteiger partial charge in [0.2, 0.25) is 5.91 Å². The Morgan fingerprint density at radius 1 is 1.19 bits per heavy atom. The number of aromatic nitrogens is 1. The number of unbranched alkanes of at least 4 members (excludes halogenated alkanes) is 1. The smallest absolute Gasteiger partial charge is 0.243 e. The average Bonchev–Trinajstić information content (AvgIpc) is 3.03. The van der Waals surface area contributed by atoms with Crippen LogP contribution >= 0.6 is 0 Å². The first kappa shape index (κ1) is 20.7. The number of pyridine rings is 1. The number of hydrogen-bond acceptors (Lipinski definition) is 2. The molecule has 0 spiro atoms. The average molecular weight is 417 g/mol. The molecule has 0 aromatic carbocycles. The number of allylic oxidation sites excluding steroid dienone is 5. The second kappa shape index (κ2) is 7.76. The molecule has 3 heteroatoms. The molecule has 2 saturated carbocycles. The summed E-state index contributed by atoms with van der Waals surface area (Å²) in [6.45, 7) is 8.02. The molecule has 3 nitrogen and oxygen atoms in total. The Morgan fingerprint density at radius 3 is 2.84 bits per heavy atom. The van der Waals surface area contributed by atoms with Crippen molar-refractivity contribution in [2.75, 3.05) is 6.54 Å². The predicted octanol–water partition coefficient (Wildman–Crippen LogP) is 6.10. The summed E-state index contributed by atoms with van der Waals surface area (Å²) in [6.07, 6.45) is 19.1.